The molecule has 4 heteroatoms. The van der Waals surface area contributed by atoms with Crippen molar-refractivity contribution in [2.24, 2.45) is 17.8 Å². The molecule has 0 aliphatic carbocycles. The van der Waals surface area contributed by atoms with Crippen LogP contribution in [0.5, 0.6) is 0 Å². The Bertz CT molecular complexity index is 361. The van der Waals surface area contributed by atoms with E-state index in [9.17, 15) is 9.59 Å². The van der Waals surface area contributed by atoms with Crippen LogP contribution in [0.1, 0.15) is 33.6 Å². The van der Waals surface area contributed by atoms with E-state index in [1.54, 1.807) is 6.08 Å². The molecule has 0 saturated heterocycles. The van der Waals surface area contributed by atoms with E-state index < -0.39 is 0 Å². The number of rotatable bonds is 10. The van der Waals surface area contributed by atoms with Crippen LogP contribution in [0.2, 0.25) is 0 Å². The summed E-state index contributed by atoms with van der Waals surface area (Å²) in [5.74, 6) is 0.450. The molecule has 120 valence electrons. The normalized spacial score (nSPS) is 16.3. The quantitative estimate of drug-likeness (QED) is 0.291. The van der Waals surface area contributed by atoms with Gasteiger partial charge in [-0.2, -0.15) is 0 Å². The molecule has 0 spiro atoms. The molecule has 0 aromatic carbocycles. The number of hydrogen-bond acceptors (Lipinski definition) is 4. The zero-order valence-electron chi connectivity index (χ0n) is 13.8. The minimum Gasteiger partial charge on any atom is -0.469 e. The summed E-state index contributed by atoms with van der Waals surface area (Å²) in [5, 5.41) is 3.25. The molecule has 0 aromatic heterocycles. The third kappa shape index (κ3) is 8.45. The maximum absolute atomic E-state index is 12.0. The second-order valence-corrected chi connectivity index (χ2v) is 5.77. The van der Waals surface area contributed by atoms with Crippen LogP contribution in [0.3, 0.4) is 0 Å². The molecule has 0 aliphatic rings. The molecule has 3 atom stereocenters. The lowest BCUT2D eigenvalue weighted by Gasteiger charge is -2.27. The van der Waals surface area contributed by atoms with Gasteiger partial charge in [-0.25, -0.2) is 0 Å². The van der Waals surface area contributed by atoms with Gasteiger partial charge in [0, 0.05) is 6.04 Å². The molecule has 1 N–H and O–H groups in total. The SMILES string of the molecule is CN[C@H](CC(C)/C=C\C=C/C=O)C(CC(C)C)C(=O)OC. The van der Waals surface area contributed by atoms with Crippen molar-refractivity contribution in [3.63, 3.8) is 0 Å². The van der Waals surface area contributed by atoms with Gasteiger partial charge in [0.1, 0.15) is 6.29 Å². The Morgan fingerprint density at radius 2 is 1.81 bits per heavy atom. The Morgan fingerprint density at radius 1 is 1.14 bits per heavy atom. The third-order valence-corrected chi connectivity index (χ3v) is 3.45. The number of methoxy groups -OCH3 is 1. The Hall–Kier alpha value is -1.42. The van der Waals surface area contributed by atoms with E-state index in [1.165, 1.54) is 13.2 Å². The molecule has 0 radical (unpaired) electrons. The lowest BCUT2D eigenvalue weighted by atomic mass is 9.85. The first-order valence-corrected chi connectivity index (χ1v) is 7.49. The monoisotopic (exact) mass is 295 g/mol. The van der Waals surface area contributed by atoms with Gasteiger partial charge < -0.3 is 10.1 Å². The highest BCUT2D eigenvalue weighted by Gasteiger charge is 2.29. The zero-order valence-corrected chi connectivity index (χ0v) is 13.8. The van der Waals surface area contributed by atoms with Gasteiger partial charge in [0.2, 0.25) is 0 Å². The molecule has 0 aliphatic heterocycles. The highest BCUT2D eigenvalue weighted by atomic mass is 16.5. The molecule has 0 heterocycles. The number of hydrogen-bond donors (Lipinski definition) is 1. The second kappa shape index (κ2) is 11.3. The lowest BCUT2D eigenvalue weighted by Crippen LogP contribution is -2.40. The fourth-order valence-corrected chi connectivity index (χ4v) is 2.41. The third-order valence-electron chi connectivity index (χ3n) is 3.45. The standard InChI is InChI=1S/C17H29NO3/c1-13(2)11-15(17(20)21-5)16(18-4)12-14(3)9-7-6-8-10-19/h6-10,13-16,18H,11-12H2,1-5H3/b8-6-,9-7-/t14?,15?,16-/m1/s1. The summed E-state index contributed by atoms with van der Waals surface area (Å²) >= 11 is 0. The number of carbonyl (C=O) groups is 2. The van der Waals surface area contributed by atoms with Crippen molar-refractivity contribution in [1.29, 1.82) is 0 Å². The topological polar surface area (TPSA) is 55.4 Å². The van der Waals surface area contributed by atoms with Crippen molar-refractivity contribution in [2.75, 3.05) is 14.2 Å². The number of carbonyl (C=O) groups excluding carboxylic acids is 2. The van der Waals surface area contributed by atoms with E-state index in [4.69, 9.17) is 4.74 Å². The molecule has 0 bridgehead atoms. The first kappa shape index (κ1) is 19.6. The van der Waals surface area contributed by atoms with E-state index in [1.807, 2.05) is 19.2 Å². The summed E-state index contributed by atoms with van der Waals surface area (Å²) in [6.45, 7) is 6.31. The van der Waals surface area contributed by atoms with Crippen molar-refractivity contribution < 1.29 is 14.3 Å². The number of allylic oxidation sites excluding steroid dienone is 4. The van der Waals surface area contributed by atoms with Crippen LogP contribution in [0, 0.1) is 17.8 Å². The van der Waals surface area contributed by atoms with E-state index in [0.717, 1.165) is 19.1 Å². The van der Waals surface area contributed by atoms with Crippen LogP contribution in [-0.2, 0) is 14.3 Å². The van der Waals surface area contributed by atoms with E-state index in [-0.39, 0.29) is 17.9 Å². The highest BCUT2D eigenvalue weighted by molar-refractivity contribution is 5.73. The molecule has 0 saturated carbocycles. The minimum atomic E-state index is -0.153. The van der Waals surface area contributed by atoms with Crippen LogP contribution in [0.4, 0.5) is 0 Å². The van der Waals surface area contributed by atoms with Gasteiger partial charge in [-0.05, 0) is 37.8 Å². The maximum Gasteiger partial charge on any atom is 0.310 e. The van der Waals surface area contributed by atoms with Gasteiger partial charge in [-0.1, -0.05) is 39.0 Å². The van der Waals surface area contributed by atoms with Crippen molar-refractivity contribution >= 4 is 12.3 Å². The Morgan fingerprint density at radius 3 is 2.29 bits per heavy atom. The van der Waals surface area contributed by atoms with Crippen LogP contribution in [0.25, 0.3) is 0 Å². The Balaban J connectivity index is 4.76. The Labute approximate surface area is 128 Å². The molecule has 21 heavy (non-hydrogen) atoms. The first-order valence-electron chi connectivity index (χ1n) is 7.49. The second-order valence-electron chi connectivity index (χ2n) is 5.77. The van der Waals surface area contributed by atoms with Crippen LogP contribution < -0.4 is 5.32 Å². The summed E-state index contributed by atoms with van der Waals surface area (Å²) in [6, 6.07) is 0.0783. The van der Waals surface area contributed by atoms with Gasteiger partial charge in [0.25, 0.3) is 0 Å². The van der Waals surface area contributed by atoms with Gasteiger partial charge in [0.15, 0.2) is 0 Å². The molecular formula is C17H29NO3. The van der Waals surface area contributed by atoms with Crippen molar-refractivity contribution in [1.82, 2.24) is 5.32 Å². The molecule has 4 nitrogen and oxygen atoms in total. The number of ether oxygens (including phenoxy) is 1. The van der Waals surface area contributed by atoms with Gasteiger partial charge in [-0.15, -0.1) is 0 Å². The molecular weight excluding hydrogens is 266 g/mol. The van der Waals surface area contributed by atoms with Crippen LogP contribution in [-0.4, -0.2) is 32.5 Å². The van der Waals surface area contributed by atoms with Crippen LogP contribution >= 0.6 is 0 Å². The average Bonchev–Trinajstić information content (AvgIpc) is 2.46. The molecule has 0 rings (SSSR count). The van der Waals surface area contributed by atoms with E-state index in [2.05, 4.69) is 26.1 Å². The Kier molecular flexibility index (Phi) is 10.5. The summed E-state index contributed by atoms with van der Waals surface area (Å²) in [7, 11) is 3.32. The predicted octanol–water partition coefficient (Wildman–Crippen LogP) is 2.75. The number of esters is 1. The zero-order chi connectivity index (χ0) is 16.3. The van der Waals surface area contributed by atoms with E-state index >= 15 is 0 Å². The largest absolute Gasteiger partial charge is 0.469 e. The molecule has 0 amide bonds. The first-order chi connectivity index (χ1) is 9.96. The van der Waals surface area contributed by atoms with Gasteiger partial charge in [-0.3, -0.25) is 9.59 Å². The van der Waals surface area contributed by atoms with Crippen LogP contribution in [0.15, 0.2) is 24.3 Å². The smallest absolute Gasteiger partial charge is 0.310 e. The van der Waals surface area contributed by atoms with E-state index in [0.29, 0.717) is 11.8 Å². The van der Waals surface area contributed by atoms with Gasteiger partial charge in [0.05, 0.1) is 13.0 Å². The molecule has 0 aromatic rings. The summed E-state index contributed by atoms with van der Waals surface area (Å²) in [6.07, 6.45) is 9.46. The van der Waals surface area contributed by atoms with Crippen molar-refractivity contribution in [3.8, 4) is 0 Å². The van der Waals surface area contributed by atoms with Crippen molar-refractivity contribution in [2.45, 2.75) is 39.7 Å². The minimum absolute atomic E-state index is 0.0783. The molecule has 2 unspecified atom stereocenters. The summed E-state index contributed by atoms with van der Waals surface area (Å²) in [4.78, 5) is 22.2. The fraction of sp³-hybridized carbons (Fsp3) is 0.647. The average molecular weight is 295 g/mol. The van der Waals surface area contributed by atoms with Crippen molar-refractivity contribution in [3.05, 3.63) is 24.3 Å². The number of nitrogens with one attached hydrogen (secondary N) is 1. The summed E-state index contributed by atoms with van der Waals surface area (Å²) < 4.78 is 4.94. The summed E-state index contributed by atoms with van der Waals surface area (Å²) in [5.41, 5.74) is 0. The van der Waals surface area contributed by atoms with Gasteiger partial charge >= 0.3 is 5.97 Å². The lowest BCUT2D eigenvalue weighted by molar-refractivity contribution is -0.147. The molecule has 0 fully saturated rings. The maximum atomic E-state index is 12.0. The number of aldehydes is 1. The highest BCUT2D eigenvalue weighted by Crippen LogP contribution is 2.22. The fourth-order valence-electron chi connectivity index (χ4n) is 2.41. The predicted molar refractivity (Wildman–Crippen MR) is 85.9 cm³/mol.